The molecule has 0 amide bonds. The third-order valence-corrected chi connectivity index (χ3v) is 3.46. The molecule has 0 atom stereocenters. The maximum atomic E-state index is 11.1. The minimum atomic E-state index is -5.08. The van der Waals surface area contributed by atoms with Gasteiger partial charge in [0, 0.05) is 11.5 Å². The van der Waals surface area contributed by atoms with Gasteiger partial charge in [-0.1, -0.05) is 13.8 Å². The fraction of sp³-hybridized carbons (Fsp3) is 0.235. The molecule has 0 bridgehead atoms. The summed E-state index contributed by atoms with van der Waals surface area (Å²) < 4.78 is 37.4. The Morgan fingerprint density at radius 3 is 2.34 bits per heavy atom. The second-order valence-corrected chi connectivity index (χ2v) is 5.93. The van der Waals surface area contributed by atoms with Crippen LogP contribution in [0.3, 0.4) is 0 Å². The standard InChI is InChI=1S/C15H14N4O3.C2HF3O2/c1-8(2)12-6-13(17-7-16-12)22-9-3-4-11-10(5-9)14(15(20)21)19-18-11;3-2(4,5)1(6)7/h3-8H,1-2H3,(H,18,19)(H,20,21);(H,6,7). The Morgan fingerprint density at radius 1 is 1.14 bits per heavy atom. The Labute approximate surface area is 161 Å². The van der Waals surface area contributed by atoms with Gasteiger partial charge in [-0.15, -0.1) is 0 Å². The fourth-order valence-corrected chi connectivity index (χ4v) is 2.07. The molecule has 0 saturated carbocycles. The number of aromatic carboxylic acids is 1. The Bertz CT molecular complexity index is 1030. The van der Waals surface area contributed by atoms with Crippen LogP contribution in [0.2, 0.25) is 0 Å². The van der Waals surface area contributed by atoms with Crippen LogP contribution in [-0.2, 0) is 4.79 Å². The zero-order valence-corrected chi connectivity index (χ0v) is 15.1. The molecule has 2 heterocycles. The molecule has 0 spiro atoms. The quantitative estimate of drug-likeness (QED) is 0.591. The van der Waals surface area contributed by atoms with Crippen molar-refractivity contribution in [2.24, 2.45) is 0 Å². The van der Waals surface area contributed by atoms with Gasteiger partial charge in [-0.05, 0) is 24.1 Å². The highest BCUT2D eigenvalue weighted by atomic mass is 19.4. The number of hydrogen-bond donors (Lipinski definition) is 3. The number of H-pyrrole nitrogens is 1. The average Bonchev–Trinajstić information content (AvgIpc) is 3.05. The number of nitrogens with one attached hydrogen (secondary N) is 1. The predicted octanol–water partition coefficient (Wildman–Crippen LogP) is 3.60. The average molecular weight is 412 g/mol. The number of aromatic amines is 1. The summed E-state index contributed by atoms with van der Waals surface area (Å²) in [6.07, 6.45) is -3.64. The van der Waals surface area contributed by atoms with Crippen LogP contribution in [0.5, 0.6) is 11.6 Å². The van der Waals surface area contributed by atoms with Crippen molar-refractivity contribution in [2.45, 2.75) is 25.9 Å². The normalized spacial score (nSPS) is 11.1. The lowest BCUT2D eigenvalue weighted by atomic mass is 10.1. The third kappa shape index (κ3) is 5.64. The van der Waals surface area contributed by atoms with E-state index in [1.165, 1.54) is 6.33 Å². The number of carboxylic acids is 2. The summed E-state index contributed by atoms with van der Waals surface area (Å²) in [6.45, 7) is 4.06. The molecule has 0 aliphatic heterocycles. The van der Waals surface area contributed by atoms with E-state index in [4.69, 9.17) is 19.7 Å². The zero-order valence-electron chi connectivity index (χ0n) is 15.1. The summed E-state index contributed by atoms with van der Waals surface area (Å²) >= 11 is 0. The first-order valence-corrected chi connectivity index (χ1v) is 8.00. The van der Waals surface area contributed by atoms with Crippen LogP contribution in [0.4, 0.5) is 13.2 Å². The smallest absolute Gasteiger partial charge is 0.476 e. The van der Waals surface area contributed by atoms with Gasteiger partial charge >= 0.3 is 18.1 Å². The number of nitrogens with zero attached hydrogens (tertiary/aromatic N) is 3. The molecule has 3 N–H and O–H groups in total. The van der Waals surface area contributed by atoms with Crippen molar-refractivity contribution in [1.29, 1.82) is 0 Å². The highest BCUT2D eigenvalue weighted by molar-refractivity contribution is 6.01. The van der Waals surface area contributed by atoms with Gasteiger partial charge in [0.1, 0.15) is 12.1 Å². The van der Waals surface area contributed by atoms with Crippen LogP contribution in [0.25, 0.3) is 10.9 Å². The molecule has 0 aliphatic carbocycles. The molecule has 0 fully saturated rings. The van der Waals surface area contributed by atoms with Crippen LogP contribution in [0.1, 0.15) is 35.9 Å². The van der Waals surface area contributed by atoms with Gasteiger partial charge in [0.05, 0.1) is 11.2 Å². The first kappa shape index (κ1) is 21.6. The molecule has 154 valence electrons. The number of alkyl halides is 3. The lowest BCUT2D eigenvalue weighted by Crippen LogP contribution is -2.21. The lowest BCUT2D eigenvalue weighted by molar-refractivity contribution is -0.192. The van der Waals surface area contributed by atoms with E-state index in [9.17, 15) is 18.0 Å². The second-order valence-electron chi connectivity index (χ2n) is 5.93. The number of fused-ring (bicyclic) bond motifs is 1. The summed E-state index contributed by atoms with van der Waals surface area (Å²) in [5.74, 6) is -2.68. The molecule has 3 rings (SSSR count). The number of carboxylic acid groups (broad SMARTS) is 2. The Balaban J connectivity index is 0.000000370. The van der Waals surface area contributed by atoms with Crippen LogP contribution in [0.15, 0.2) is 30.6 Å². The molecule has 0 unspecified atom stereocenters. The number of ether oxygens (including phenoxy) is 1. The van der Waals surface area contributed by atoms with Crippen molar-refractivity contribution in [2.75, 3.05) is 0 Å². The summed E-state index contributed by atoms with van der Waals surface area (Å²) in [4.78, 5) is 28.3. The van der Waals surface area contributed by atoms with E-state index < -0.39 is 18.1 Å². The second kappa shape index (κ2) is 8.54. The van der Waals surface area contributed by atoms with E-state index in [2.05, 4.69) is 20.2 Å². The number of rotatable bonds is 4. The molecule has 29 heavy (non-hydrogen) atoms. The van der Waals surface area contributed by atoms with E-state index in [1.54, 1.807) is 24.3 Å². The van der Waals surface area contributed by atoms with E-state index in [1.807, 2.05) is 13.8 Å². The summed E-state index contributed by atoms with van der Waals surface area (Å²) in [6, 6.07) is 6.83. The number of benzene rings is 1. The zero-order chi connectivity index (χ0) is 21.8. The molecule has 0 saturated heterocycles. The van der Waals surface area contributed by atoms with E-state index in [0.717, 1.165) is 5.69 Å². The SMILES string of the molecule is CC(C)c1cc(Oc2ccc3[nH]nc(C(=O)O)c3c2)ncn1.O=C(O)C(F)(F)F. The van der Waals surface area contributed by atoms with Crippen molar-refractivity contribution >= 4 is 22.8 Å². The first-order chi connectivity index (χ1) is 13.5. The topological polar surface area (TPSA) is 138 Å². The molecule has 0 aliphatic rings. The Hall–Kier alpha value is -3.70. The monoisotopic (exact) mass is 412 g/mol. The van der Waals surface area contributed by atoms with Gasteiger partial charge in [-0.3, -0.25) is 5.10 Å². The molecule has 3 aromatic rings. The highest BCUT2D eigenvalue weighted by Crippen LogP contribution is 2.26. The van der Waals surface area contributed by atoms with Crippen molar-refractivity contribution in [1.82, 2.24) is 20.2 Å². The van der Waals surface area contributed by atoms with Gasteiger partial charge in [0.25, 0.3) is 0 Å². The van der Waals surface area contributed by atoms with Crippen LogP contribution in [-0.4, -0.2) is 48.5 Å². The van der Waals surface area contributed by atoms with Gasteiger partial charge in [-0.25, -0.2) is 19.6 Å². The van der Waals surface area contributed by atoms with E-state index >= 15 is 0 Å². The maximum Gasteiger partial charge on any atom is 0.490 e. The molecular weight excluding hydrogens is 397 g/mol. The van der Waals surface area contributed by atoms with Crippen LogP contribution < -0.4 is 4.74 Å². The Morgan fingerprint density at radius 2 is 1.79 bits per heavy atom. The van der Waals surface area contributed by atoms with Gasteiger partial charge < -0.3 is 14.9 Å². The number of halogens is 3. The molecule has 1 aromatic carbocycles. The molecular formula is C17H15F3N4O5. The maximum absolute atomic E-state index is 11.1. The lowest BCUT2D eigenvalue weighted by Gasteiger charge is -2.08. The van der Waals surface area contributed by atoms with Crippen molar-refractivity contribution in [3.8, 4) is 11.6 Å². The van der Waals surface area contributed by atoms with Gasteiger partial charge in [0.2, 0.25) is 5.88 Å². The third-order valence-electron chi connectivity index (χ3n) is 3.46. The number of aliphatic carboxylic acids is 1. The van der Waals surface area contributed by atoms with Gasteiger partial charge in [-0.2, -0.15) is 18.3 Å². The first-order valence-electron chi connectivity index (χ1n) is 8.00. The molecule has 0 radical (unpaired) electrons. The Kier molecular flexibility index (Phi) is 6.36. The minimum Gasteiger partial charge on any atom is -0.476 e. The van der Waals surface area contributed by atoms with Crippen LogP contribution >= 0.6 is 0 Å². The van der Waals surface area contributed by atoms with Gasteiger partial charge in [0.15, 0.2) is 5.69 Å². The summed E-state index contributed by atoms with van der Waals surface area (Å²) in [5.41, 5.74) is 1.47. The number of aromatic nitrogens is 4. The number of hydrogen-bond acceptors (Lipinski definition) is 6. The van der Waals surface area contributed by atoms with Crippen molar-refractivity contribution < 1.29 is 37.7 Å². The minimum absolute atomic E-state index is 0.0361. The van der Waals surface area contributed by atoms with E-state index in [-0.39, 0.29) is 11.6 Å². The summed E-state index contributed by atoms with van der Waals surface area (Å²) in [5, 5.41) is 23.2. The predicted molar refractivity (Wildman–Crippen MR) is 92.9 cm³/mol. The van der Waals surface area contributed by atoms with Crippen molar-refractivity contribution in [3.63, 3.8) is 0 Å². The fourth-order valence-electron chi connectivity index (χ4n) is 2.07. The van der Waals surface area contributed by atoms with Crippen molar-refractivity contribution in [3.05, 3.63) is 42.0 Å². The molecule has 12 heteroatoms. The largest absolute Gasteiger partial charge is 0.490 e. The van der Waals surface area contributed by atoms with E-state index in [0.29, 0.717) is 22.5 Å². The summed E-state index contributed by atoms with van der Waals surface area (Å²) in [7, 11) is 0. The molecule has 9 nitrogen and oxygen atoms in total. The molecule has 2 aromatic heterocycles. The number of carbonyl (C=O) groups is 2. The highest BCUT2D eigenvalue weighted by Gasteiger charge is 2.38. The van der Waals surface area contributed by atoms with Crippen LogP contribution in [0, 0.1) is 0 Å².